The molecule has 0 aliphatic carbocycles. The van der Waals surface area contributed by atoms with Gasteiger partial charge in [-0.25, -0.2) is 0 Å². The normalized spacial score (nSPS) is 12.3. The van der Waals surface area contributed by atoms with E-state index in [0.29, 0.717) is 12.1 Å². The highest BCUT2D eigenvalue weighted by Crippen LogP contribution is 2.38. The molecule has 0 bridgehead atoms. The summed E-state index contributed by atoms with van der Waals surface area (Å²) >= 11 is 0. The predicted octanol–water partition coefficient (Wildman–Crippen LogP) is 4.30. The topological polar surface area (TPSA) is 52.3 Å². The first-order valence-corrected chi connectivity index (χ1v) is 5.90. The van der Waals surface area contributed by atoms with Gasteiger partial charge in [0.2, 0.25) is 0 Å². The molecule has 23 heavy (non-hydrogen) atoms. The van der Waals surface area contributed by atoms with Crippen molar-refractivity contribution >= 4 is 5.97 Å². The summed E-state index contributed by atoms with van der Waals surface area (Å²) in [5.74, 6) is -0.807. The van der Waals surface area contributed by atoms with E-state index in [1.165, 1.54) is 0 Å². The number of hydrogen-bond donors (Lipinski definition) is 0. The SMILES string of the molecule is CC(=O)Oc1nc(-c2cc(C(F)(F)F)cc(C(F)(F)F)c2)co1. The fourth-order valence-corrected chi connectivity index (χ4v) is 1.66. The van der Waals surface area contributed by atoms with E-state index in [1.807, 2.05) is 0 Å². The number of ether oxygens (including phenoxy) is 1. The second kappa shape index (κ2) is 5.60. The molecule has 0 amide bonds. The Morgan fingerprint density at radius 1 is 1.04 bits per heavy atom. The molecule has 10 heteroatoms. The van der Waals surface area contributed by atoms with Gasteiger partial charge in [0.25, 0.3) is 0 Å². The number of nitrogens with zero attached hydrogens (tertiary/aromatic N) is 1. The van der Waals surface area contributed by atoms with Crippen molar-refractivity contribution in [2.24, 2.45) is 0 Å². The lowest BCUT2D eigenvalue weighted by Gasteiger charge is -2.13. The van der Waals surface area contributed by atoms with E-state index in [2.05, 4.69) is 14.1 Å². The van der Waals surface area contributed by atoms with Gasteiger partial charge in [-0.15, -0.1) is 0 Å². The third-order valence-corrected chi connectivity index (χ3v) is 2.60. The van der Waals surface area contributed by atoms with Gasteiger partial charge in [0.15, 0.2) is 0 Å². The second-order valence-corrected chi connectivity index (χ2v) is 4.39. The summed E-state index contributed by atoms with van der Waals surface area (Å²) < 4.78 is 85.6. The molecule has 124 valence electrons. The van der Waals surface area contributed by atoms with Crippen LogP contribution in [0.25, 0.3) is 11.3 Å². The van der Waals surface area contributed by atoms with E-state index < -0.39 is 41.1 Å². The molecule has 0 radical (unpaired) electrons. The highest BCUT2D eigenvalue weighted by Gasteiger charge is 2.37. The van der Waals surface area contributed by atoms with Crippen LogP contribution < -0.4 is 4.74 Å². The maximum Gasteiger partial charge on any atom is 0.416 e. The van der Waals surface area contributed by atoms with Crippen LogP contribution in [0.2, 0.25) is 0 Å². The molecule has 2 rings (SSSR count). The van der Waals surface area contributed by atoms with Crippen LogP contribution >= 0.6 is 0 Å². The van der Waals surface area contributed by atoms with E-state index in [4.69, 9.17) is 0 Å². The van der Waals surface area contributed by atoms with Gasteiger partial charge in [-0.2, -0.15) is 31.3 Å². The molecule has 0 fully saturated rings. The molecule has 0 spiro atoms. The standard InChI is InChI=1S/C13H7F6NO3/c1-6(21)23-11-20-10(5-22-11)7-2-8(12(14,15)16)4-9(3-7)13(17,18)19/h2-5H,1H3. The summed E-state index contributed by atoms with van der Waals surface area (Å²) in [6.07, 6.45) is -9.75. The zero-order valence-corrected chi connectivity index (χ0v) is 11.2. The van der Waals surface area contributed by atoms with E-state index in [9.17, 15) is 31.1 Å². The number of carbonyl (C=O) groups excluding carboxylic acids is 1. The van der Waals surface area contributed by atoms with Gasteiger partial charge in [0.05, 0.1) is 11.1 Å². The zero-order chi connectivity index (χ0) is 17.4. The maximum absolute atomic E-state index is 12.7. The molecule has 2 aromatic rings. The third kappa shape index (κ3) is 4.02. The Balaban J connectivity index is 2.53. The molecule has 1 heterocycles. The Bertz CT molecular complexity index is 700. The van der Waals surface area contributed by atoms with Gasteiger partial charge in [-0.3, -0.25) is 4.79 Å². The van der Waals surface area contributed by atoms with Crippen molar-refractivity contribution in [2.75, 3.05) is 0 Å². The van der Waals surface area contributed by atoms with Crippen LogP contribution in [0.3, 0.4) is 0 Å². The van der Waals surface area contributed by atoms with Gasteiger partial charge in [-0.1, -0.05) is 0 Å². The van der Waals surface area contributed by atoms with Crippen molar-refractivity contribution < 1.29 is 40.3 Å². The highest BCUT2D eigenvalue weighted by molar-refractivity contribution is 5.68. The summed E-state index contributed by atoms with van der Waals surface area (Å²) in [7, 11) is 0. The van der Waals surface area contributed by atoms with Crippen molar-refractivity contribution in [3.63, 3.8) is 0 Å². The van der Waals surface area contributed by atoms with Crippen LogP contribution in [0.5, 0.6) is 6.08 Å². The number of hydrogen-bond acceptors (Lipinski definition) is 4. The predicted molar refractivity (Wildman–Crippen MR) is 63.3 cm³/mol. The first-order chi connectivity index (χ1) is 10.5. The molecular weight excluding hydrogens is 332 g/mol. The van der Waals surface area contributed by atoms with Crippen LogP contribution in [-0.2, 0) is 17.1 Å². The van der Waals surface area contributed by atoms with Crippen molar-refractivity contribution in [3.05, 3.63) is 35.6 Å². The van der Waals surface area contributed by atoms with Crippen molar-refractivity contribution in [2.45, 2.75) is 19.3 Å². The minimum absolute atomic E-state index is 0.00341. The summed E-state index contributed by atoms with van der Waals surface area (Å²) in [4.78, 5) is 14.2. The number of halogens is 6. The lowest BCUT2D eigenvalue weighted by atomic mass is 10.0. The molecule has 0 aliphatic rings. The fraction of sp³-hybridized carbons (Fsp3) is 0.231. The average Bonchev–Trinajstić information content (AvgIpc) is 2.83. The number of rotatable bonds is 2. The van der Waals surface area contributed by atoms with E-state index in [-0.39, 0.29) is 11.8 Å². The van der Waals surface area contributed by atoms with Crippen LogP contribution in [0.4, 0.5) is 26.3 Å². The van der Waals surface area contributed by atoms with Crippen molar-refractivity contribution in [1.29, 1.82) is 0 Å². The summed E-state index contributed by atoms with van der Waals surface area (Å²) in [5.41, 5.74) is -3.79. The van der Waals surface area contributed by atoms with Crippen molar-refractivity contribution in [3.8, 4) is 17.3 Å². The molecule has 0 aliphatic heterocycles. The lowest BCUT2D eigenvalue weighted by molar-refractivity contribution is -0.143. The number of oxazole rings is 1. The number of aromatic nitrogens is 1. The quantitative estimate of drug-likeness (QED) is 0.604. The minimum Gasteiger partial charge on any atom is -0.417 e. The summed E-state index contributed by atoms with van der Waals surface area (Å²) in [5, 5.41) is 0. The highest BCUT2D eigenvalue weighted by atomic mass is 19.4. The van der Waals surface area contributed by atoms with Crippen LogP contribution in [0, 0.1) is 0 Å². The number of alkyl halides is 6. The van der Waals surface area contributed by atoms with Crippen LogP contribution in [0.1, 0.15) is 18.1 Å². The first-order valence-electron chi connectivity index (χ1n) is 5.90. The van der Waals surface area contributed by atoms with E-state index >= 15 is 0 Å². The smallest absolute Gasteiger partial charge is 0.416 e. The molecule has 0 saturated carbocycles. The minimum atomic E-state index is -4.97. The van der Waals surface area contributed by atoms with Gasteiger partial charge in [-0.05, 0) is 18.2 Å². The molecule has 0 saturated heterocycles. The zero-order valence-electron chi connectivity index (χ0n) is 11.2. The van der Waals surface area contributed by atoms with Crippen molar-refractivity contribution in [1.82, 2.24) is 4.98 Å². The summed E-state index contributed by atoms with van der Waals surface area (Å²) in [6, 6.07) is 0.978. The Labute approximate surface area is 124 Å². The Hall–Kier alpha value is -2.52. The number of esters is 1. The van der Waals surface area contributed by atoms with Gasteiger partial charge >= 0.3 is 24.4 Å². The number of benzene rings is 1. The number of carbonyl (C=O) groups is 1. The Morgan fingerprint density at radius 3 is 2.00 bits per heavy atom. The fourth-order valence-electron chi connectivity index (χ4n) is 1.66. The van der Waals surface area contributed by atoms with E-state index in [1.54, 1.807) is 0 Å². The molecule has 4 nitrogen and oxygen atoms in total. The summed E-state index contributed by atoms with van der Waals surface area (Å²) in [6.45, 7) is 1.02. The van der Waals surface area contributed by atoms with Gasteiger partial charge in [0, 0.05) is 12.5 Å². The molecule has 0 unspecified atom stereocenters. The average molecular weight is 339 g/mol. The monoisotopic (exact) mass is 339 g/mol. The maximum atomic E-state index is 12.7. The lowest BCUT2D eigenvalue weighted by Crippen LogP contribution is -2.11. The van der Waals surface area contributed by atoms with Crippen LogP contribution in [-0.4, -0.2) is 11.0 Å². The molecule has 1 aromatic carbocycles. The van der Waals surface area contributed by atoms with Gasteiger partial charge in [0.1, 0.15) is 12.0 Å². The molecular formula is C13H7F6NO3. The Morgan fingerprint density at radius 2 is 1.57 bits per heavy atom. The molecule has 0 N–H and O–H groups in total. The van der Waals surface area contributed by atoms with Gasteiger partial charge < -0.3 is 9.15 Å². The molecule has 1 aromatic heterocycles. The Kier molecular flexibility index (Phi) is 4.10. The second-order valence-electron chi connectivity index (χ2n) is 4.39. The van der Waals surface area contributed by atoms with E-state index in [0.717, 1.165) is 13.2 Å². The van der Waals surface area contributed by atoms with Crippen LogP contribution in [0.15, 0.2) is 28.9 Å². The first kappa shape index (κ1) is 16.8. The largest absolute Gasteiger partial charge is 0.417 e. The third-order valence-electron chi connectivity index (χ3n) is 2.60. The molecule has 0 atom stereocenters.